The zero-order valence-corrected chi connectivity index (χ0v) is 9.79. The van der Waals surface area contributed by atoms with Crippen molar-refractivity contribution in [1.82, 2.24) is 15.2 Å². The first-order chi connectivity index (χ1) is 6.75. The number of anilines is 1. The molecule has 2 rings (SSSR count). The van der Waals surface area contributed by atoms with Crippen LogP contribution in [-0.4, -0.2) is 21.1 Å². The van der Waals surface area contributed by atoms with Gasteiger partial charge in [0.15, 0.2) is 0 Å². The quantitative estimate of drug-likeness (QED) is 0.828. The minimum atomic E-state index is -0.180. The fourth-order valence-corrected chi connectivity index (χ4v) is 2.20. The number of thiophene rings is 1. The Balaban J connectivity index is 2.10. The van der Waals surface area contributed by atoms with E-state index in [4.69, 9.17) is 0 Å². The smallest absolute Gasteiger partial charge is 0.258 e. The number of hydrogen-bond acceptors (Lipinski definition) is 4. The second-order valence-corrected chi connectivity index (χ2v) is 5.23. The molecule has 0 unspecified atom stereocenters. The Morgan fingerprint density at radius 1 is 1.64 bits per heavy atom. The van der Waals surface area contributed by atoms with Crippen LogP contribution in [0.15, 0.2) is 17.8 Å². The SMILES string of the molecule is O=C(Nc1ncn[nH]1)c1csc(I)c1. The fourth-order valence-electron chi connectivity index (χ4n) is 0.875. The van der Waals surface area contributed by atoms with Gasteiger partial charge in [-0.05, 0) is 28.7 Å². The van der Waals surface area contributed by atoms with E-state index in [1.54, 1.807) is 5.38 Å². The third-order valence-corrected chi connectivity index (χ3v) is 3.27. The summed E-state index contributed by atoms with van der Waals surface area (Å²) in [5.74, 6) is 0.178. The van der Waals surface area contributed by atoms with Crippen LogP contribution in [0, 0.1) is 2.88 Å². The van der Waals surface area contributed by atoms with Crippen molar-refractivity contribution in [3.63, 3.8) is 0 Å². The average Bonchev–Trinajstić information content (AvgIpc) is 2.75. The Kier molecular flexibility index (Phi) is 2.77. The maximum atomic E-state index is 11.5. The Morgan fingerprint density at radius 2 is 2.50 bits per heavy atom. The molecule has 5 nitrogen and oxygen atoms in total. The molecule has 0 aliphatic rings. The molecule has 2 heterocycles. The molecule has 72 valence electrons. The Labute approximate surface area is 97.1 Å². The molecule has 0 aromatic carbocycles. The van der Waals surface area contributed by atoms with Gasteiger partial charge in [0, 0.05) is 5.38 Å². The molecule has 0 saturated heterocycles. The number of amides is 1. The number of H-pyrrole nitrogens is 1. The van der Waals surface area contributed by atoms with E-state index in [1.165, 1.54) is 17.7 Å². The maximum absolute atomic E-state index is 11.5. The molecule has 0 spiro atoms. The highest BCUT2D eigenvalue weighted by Gasteiger charge is 2.08. The number of aromatic amines is 1. The summed E-state index contributed by atoms with van der Waals surface area (Å²) in [5, 5.41) is 10.6. The van der Waals surface area contributed by atoms with Crippen LogP contribution in [0.25, 0.3) is 0 Å². The second-order valence-electron chi connectivity index (χ2n) is 2.43. The van der Waals surface area contributed by atoms with Gasteiger partial charge in [-0.15, -0.1) is 11.3 Å². The summed E-state index contributed by atoms with van der Waals surface area (Å²) >= 11 is 3.69. The van der Waals surface area contributed by atoms with Crippen LogP contribution in [0.5, 0.6) is 0 Å². The van der Waals surface area contributed by atoms with E-state index in [0.717, 1.165) is 2.88 Å². The van der Waals surface area contributed by atoms with E-state index in [-0.39, 0.29) is 5.91 Å². The molecule has 0 saturated carbocycles. The molecular weight excluding hydrogens is 315 g/mol. The largest absolute Gasteiger partial charge is 0.291 e. The van der Waals surface area contributed by atoms with Gasteiger partial charge in [-0.1, -0.05) is 0 Å². The molecule has 0 aliphatic heterocycles. The summed E-state index contributed by atoms with van der Waals surface area (Å²) in [4.78, 5) is 15.3. The molecule has 2 aromatic rings. The Bertz CT molecular complexity index is 438. The maximum Gasteiger partial charge on any atom is 0.258 e. The number of carbonyl (C=O) groups excluding carboxylic acids is 1. The third kappa shape index (κ3) is 2.10. The van der Waals surface area contributed by atoms with E-state index in [9.17, 15) is 4.79 Å². The van der Waals surface area contributed by atoms with Gasteiger partial charge in [0.1, 0.15) is 6.33 Å². The normalized spacial score (nSPS) is 10.1. The van der Waals surface area contributed by atoms with Gasteiger partial charge in [0.05, 0.1) is 8.45 Å². The predicted octanol–water partition coefficient (Wildman–Crippen LogP) is 1.72. The molecule has 0 fully saturated rings. The highest BCUT2D eigenvalue weighted by atomic mass is 127. The summed E-state index contributed by atoms with van der Waals surface area (Å²) in [6.07, 6.45) is 1.34. The van der Waals surface area contributed by atoms with Crippen molar-refractivity contribution in [2.45, 2.75) is 0 Å². The molecule has 7 heteroatoms. The molecule has 14 heavy (non-hydrogen) atoms. The Morgan fingerprint density at radius 3 is 3.07 bits per heavy atom. The van der Waals surface area contributed by atoms with E-state index in [1.807, 2.05) is 6.07 Å². The van der Waals surface area contributed by atoms with Gasteiger partial charge in [-0.25, -0.2) is 5.10 Å². The van der Waals surface area contributed by atoms with Crippen LogP contribution in [0.2, 0.25) is 0 Å². The number of nitrogens with zero attached hydrogens (tertiary/aromatic N) is 2. The predicted molar refractivity (Wildman–Crippen MR) is 61.4 cm³/mol. The fraction of sp³-hybridized carbons (Fsp3) is 0. The first-order valence-electron chi connectivity index (χ1n) is 3.66. The molecule has 0 atom stereocenters. The molecule has 0 bridgehead atoms. The molecule has 0 radical (unpaired) electrons. The van der Waals surface area contributed by atoms with E-state index >= 15 is 0 Å². The summed E-state index contributed by atoms with van der Waals surface area (Å²) in [7, 11) is 0. The van der Waals surface area contributed by atoms with Crippen LogP contribution in [0.4, 0.5) is 5.95 Å². The average molecular weight is 320 g/mol. The van der Waals surface area contributed by atoms with E-state index in [2.05, 4.69) is 43.1 Å². The van der Waals surface area contributed by atoms with E-state index in [0.29, 0.717) is 11.5 Å². The number of rotatable bonds is 2. The summed E-state index contributed by atoms with van der Waals surface area (Å²) in [5.41, 5.74) is 0.635. The van der Waals surface area contributed by atoms with Gasteiger partial charge in [0.2, 0.25) is 5.95 Å². The molecule has 0 aliphatic carbocycles. The van der Waals surface area contributed by atoms with Crippen molar-refractivity contribution >= 4 is 45.8 Å². The lowest BCUT2D eigenvalue weighted by Crippen LogP contribution is -2.11. The topological polar surface area (TPSA) is 70.7 Å². The van der Waals surface area contributed by atoms with Gasteiger partial charge < -0.3 is 0 Å². The van der Waals surface area contributed by atoms with Crippen molar-refractivity contribution < 1.29 is 4.79 Å². The number of hydrogen-bond donors (Lipinski definition) is 2. The zero-order chi connectivity index (χ0) is 9.97. The second kappa shape index (κ2) is 4.05. The van der Waals surface area contributed by atoms with Crippen molar-refractivity contribution in [3.8, 4) is 0 Å². The van der Waals surface area contributed by atoms with Crippen molar-refractivity contribution in [2.24, 2.45) is 0 Å². The minimum absolute atomic E-state index is 0.180. The van der Waals surface area contributed by atoms with Crippen LogP contribution < -0.4 is 5.32 Å². The highest BCUT2D eigenvalue weighted by molar-refractivity contribution is 14.1. The molecule has 2 N–H and O–H groups in total. The van der Waals surface area contributed by atoms with Crippen LogP contribution >= 0.6 is 33.9 Å². The van der Waals surface area contributed by atoms with Gasteiger partial charge in [-0.3, -0.25) is 10.1 Å². The summed E-state index contributed by atoms with van der Waals surface area (Å²) < 4.78 is 1.07. The van der Waals surface area contributed by atoms with E-state index < -0.39 is 0 Å². The summed E-state index contributed by atoms with van der Waals surface area (Å²) in [6.45, 7) is 0. The van der Waals surface area contributed by atoms with Gasteiger partial charge in [-0.2, -0.15) is 10.1 Å². The number of aromatic nitrogens is 3. The van der Waals surface area contributed by atoms with Crippen LogP contribution in [0.3, 0.4) is 0 Å². The van der Waals surface area contributed by atoms with Gasteiger partial charge >= 0.3 is 0 Å². The highest BCUT2D eigenvalue weighted by Crippen LogP contribution is 2.17. The minimum Gasteiger partial charge on any atom is -0.291 e. The lowest BCUT2D eigenvalue weighted by Gasteiger charge is -1.96. The summed E-state index contributed by atoms with van der Waals surface area (Å²) in [6, 6.07) is 1.82. The first kappa shape index (κ1) is 9.59. The molecule has 2 aromatic heterocycles. The zero-order valence-electron chi connectivity index (χ0n) is 6.82. The molecular formula is C7H5IN4OS. The number of carbonyl (C=O) groups is 1. The lowest BCUT2D eigenvalue weighted by molar-refractivity contribution is 0.102. The molecule has 1 amide bonds. The monoisotopic (exact) mass is 320 g/mol. The third-order valence-electron chi connectivity index (χ3n) is 1.48. The standard InChI is InChI=1S/C7H5IN4OS/c8-5-1-4(2-14-5)6(13)11-7-9-3-10-12-7/h1-3H,(H2,9,10,11,12,13). The first-order valence-corrected chi connectivity index (χ1v) is 5.62. The number of nitrogens with one attached hydrogen (secondary N) is 2. The lowest BCUT2D eigenvalue weighted by atomic mass is 10.3. The Hall–Kier alpha value is -0.960. The van der Waals surface area contributed by atoms with Crippen molar-refractivity contribution in [2.75, 3.05) is 5.32 Å². The van der Waals surface area contributed by atoms with Crippen molar-refractivity contribution in [1.29, 1.82) is 0 Å². The van der Waals surface area contributed by atoms with Gasteiger partial charge in [0.25, 0.3) is 5.91 Å². The van der Waals surface area contributed by atoms with Crippen LogP contribution in [-0.2, 0) is 0 Å². The number of halogens is 1. The van der Waals surface area contributed by atoms with Crippen LogP contribution in [0.1, 0.15) is 10.4 Å². The van der Waals surface area contributed by atoms with Crippen molar-refractivity contribution in [3.05, 3.63) is 26.2 Å².